The van der Waals surface area contributed by atoms with Gasteiger partial charge in [-0.2, -0.15) is 0 Å². The van der Waals surface area contributed by atoms with Crippen molar-refractivity contribution in [1.29, 1.82) is 0 Å². The average molecular weight is 187 g/mol. The van der Waals surface area contributed by atoms with Crippen LogP contribution in [0.1, 0.15) is 46.0 Å². The third kappa shape index (κ3) is 6.05. The summed E-state index contributed by atoms with van der Waals surface area (Å²) in [5, 5.41) is 0. The molecule has 13 heavy (non-hydrogen) atoms. The van der Waals surface area contributed by atoms with Crippen molar-refractivity contribution in [2.24, 2.45) is 11.1 Å². The largest absolute Gasteiger partial charge is 0.384 e. The maximum absolute atomic E-state index is 5.73. The van der Waals surface area contributed by atoms with Gasteiger partial charge in [0.1, 0.15) is 0 Å². The highest BCUT2D eigenvalue weighted by Gasteiger charge is 2.21. The lowest BCUT2D eigenvalue weighted by Gasteiger charge is -2.26. The fourth-order valence-corrected chi connectivity index (χ4v) is 1.56. The lowest BCUT2D eigenvalue weighted by molar-refractivity contribution is 0.0890. The van der Waals surface area contributed by atoms with Gasteiger partial charge in [-0.1, -0.05) is 39.5 Å². The first-order valence-electron chi connectivity index (χ1n) is 5.37. The minimum atomic E-state index is 0.197. The van der Waals surface area contributed by atoms with Crippen LogP contribution in [-0.2, 0) is 4.74 Å². The van der Waals surface area contributed by atoms with E-state index in [0.29, 0.717) is 0 Å². The summed E-state index contributed by atoms with van der Waals surface area (Å²) in [6, 6.07) is 0. The van der Waals surface area contributed by atoms with Crippen molar-refractivity contribution >= 4 is 0 Å². The highest BCUT2D eigenvalue weighted by atomic mass is 16.5. The molecule has 0 aromatic carbocycles. The molecule has 0 fully saturated rings. The molecule has 0 spiro atoms. The second-order valence-corrected chi connectivity index (χ2v) is 4.26. The number of hydrogen-bond donors (Lipinski definition) is 1. The van der Waals surface area contributed by atoms with Crippen molar-refractivity contribution in [2.75, 3.05) is 20.3 Å². The Bertz CT molecular complexity index is 117. The van der Waals surface area contributed by atoms with Crippen molar-refractivity contribution in [3.63, 3.8) is 0 Å². The normalized spacial score (nSPS) is 15.7. The van der Waals surface area contributed by atoms with Crippen LogP contribution in [0.4, 0.5) is 0 Å². The van der Waals surface area contributed by atoms with E-state index < -0.39 is 0 Å². The van der Waals surface area contributed by atoms with Crippen LogP contribution in [0.25, 0.3) is 0 Å². The first kappa shape index (κ1) is 12.9. The van der Waals surface area contributed by atoms with E-state index in [-0.39, 0.29) is 5.41 Å². The molecular weight excluding hydrogens is 162 g/mol. The zero-order valence-corrected chi connectivity index (χ0v) is 9.44. The molecule has 2 nitrogen and oxygen atoms in total. The van der Waals surface area contributed by atoms with Gasteiger partial charge < -0.3 is 10.5 Å². The number of hydrogen-bond acceptors (Lipinski definition) is 2. The van der Waals surface area contributed by atoms with Crippen molar-refractivity contribution in [2.45, 2.75) is 46.0 Å². The van der Waals surface area contributed by atoms with E-state index in [1.807, 2.05) is 0 Å². The molecule has 0 heterocycles. The number of methoxy groups -OCH3 is 1. The van der Waals surface area contributed by atoms with E-state index in [1.54, 1.807) is 7.11 Å². The molecule has 2 heteroatoms. The molecule has 1 atom stereocenters. The molecule has 80 valence electrons. The fraction of sp³-hybridized carbons (Fsp3) is 1.00. The maximum Gasteiger partial charge on any atom is 0.0528 e. The quantitative estimate of drug-likeness (QED) is 0.593. The van der Waals surface area contributed by atoms with Crippen molar-refractivity contribution in [3.05, 3.63) is 0 Å². The van der Waals surface area contributed by atoms with E-state index in [0.717, 1.165) is 13.2 Å². The van der Waals surface area contributed by atoms with Crippen molar-refractivity contribution in [3.8, 4) is 0 Å². The maximum atomic E-state index is 5.73. The van der Waals surface area contributed by atoms with Gasteiger partial charge in [-0.15, -0.1) is 0 Å². The summed E-state index contributed by atoms with van der Waals surface area (Å²) < 4.78 is 5.17. The monoisotopic (exact) mass is 187 g/mol. The Morgan fingerprint density at radius 3 is 2.38 bits per heavy atom. The van der Waals surface area contributed by atoms with Gasteiger partial charge in [0, 0.05) is 12.5 Å². The van der Waals surface area contributed by atoms with Gasteiger partial charge in [0.25, 0.3) is 0 Å². The summed E-state index contributed by atoms with van der Waals surface area (Å²) in [5.74, 6) is 0. The molecule has 0 aromatic rings. The van der Waals surface area contributed by atoms with Gasteiger partial charge >= 0.3 is 0 Å². The predicted molar refractivity (Wildman–Crippen MR) is 57.8 cm³/mol. The minimum absolute atomic E-state index is 0.197. The molecular formula is C11H25NO. The highest BCUT2D eigenvalue weighted by Crippen LogP contribution is 2.23. The number of rotatable bonds is 8. The van der Waals surface area contributed by atoms with E-state index in [9.17, 15) is 0 Å². The molecule has 0 rings (SSSR count). The van der Waals surface area contributed by atoms with Gasteiger partial charge in [0.2, 0.25) is 0 Å². The smallest absolute Gasteiger partial charge is 0.0528 e. The summed E-state index contributed by atoms with van der Waals surface area (Å²) in [7, 11) is 1.75. The van der Waals surface area contributed by atoms with E-state index in [4.69, 9.17) is 10.5 Å². The molecule has 0 radical (unpaired) electrons. The van der Waals surface area contributed by atoms with Crippen LogP contribution < -0.4 is 5.73 Å². The summed E-state index contributed by atoms with van der Waals surface area (Å²) in [6.07, 6.45) is 6.44. The summed E-state index contributed by atoms with van der Waals surface area (Å²) in [5.41, 5.74) is 5.92. The van der Waals surface area contributed by atoms with Crippen molar-refractivity contribution in [1.82, 2.24) is 0 Å². The number of unbranched alkanes of at least 4 members (excludes halogenated alkanes) is 3. The molecule has 0 bridgehead atoms. The van der Waals surface area contributed by atoms with Crippen LogP contribution in [0.15, 0.2) is 0 Å². The summed E-state index contributed by atoms with van der Waals surface area (Å²) >= 11 is 0. The standard InChI is InChI=1S/C11H25NO/c1-4-5-6-7-8-11(2,9-12)10-13-3/h4-10,12H2,1-3H3. The predicted octanol–water partition coefficient (Wildman–Crippen LogP) is 2.57. The average Bonchev–Trinajstić information content (AvgIpc) is 2.13. The Morgan fingerprint density at radius 1 is 1.23 bits per heavy atom. The molecule has 0 aromatic heterocycles. The molecule has 2 N–H and O–H groups in total. The third-order valence-electron chi connectivity index (χ3n) is 2.62. The van der Waals surface area contributed by atoms with Crippen LogP contribution in [0.2, 0.25) is 0 Å². The first-order chi connectivity index (χ1) is 6.18. The molecule has 0 saturated carbocycles. The Kier molecular flexibility index (Phi) is 7.29. The van der Waals surface area contributed by atoms with Crippen LogP contribution in [0.3, 0.4) is 0 Å². The van der Waals surface area contributed by atoms with Crippen LogP contribution in [0, 0.1) is 5.41 Å². The van der Waals surface area contributed by atoms with Gasteiger partial charge in [0.15, 0.2) is 0 Å². The Balaban J connectivity index is 3.57. The highest BCUT2D eigenvalue weighted by molar-refractivity contribution is 4.74. The topological polar surface area (TPSA) is 35.2 Å². The van der Waals surface area contributed by atoms with Crippen molar-refractivity contribution < 1.29 is 4.74 Å². The van der Waals surface area contributed by atoms with E-state index >= 15 is 0 Å². The molecule has 1 unspecified atom stereocenters. The van der Waals surface area contributed by atoms with Crippen LogP contribution >= 0.6 is 0 Å². The van der Waals surface area contributed by atoms with Gasteiger partial charge in [-0.3, -0.25) is 0 Å². The molecule has 0 aliphatic carbocycles. The second-order valence-electron chi connectivity index (χ2n) is 4.26. The second kappa shape index (κ2) is 7.34. The first-order valence-corrected chi connectivity index (χ1v) is 5.37. The fourth-order valence-electron chi connectivity index (χ4n) is 1.56. The number of ether oxygens (including phenoxy) is 1. The summed E-state index contributed by atoms with van der Waals surface area (Å²) in [6.45, 7) is 5.96. The van der Waals surface area contributed by atoms with Gasteiger partial charge in [-0.25, -0.2) is 0 Å². The Morgan fingerprint density at radius 2 is 1.92 bits per heavy atom. The Labute approximate surface area is 82.8 Å². The molecule has 0 saturated heterocycles. The lowest BCUT2D eigenvalue weighted by Crippen LogP contribution is -2.31. The minimum Gasteiger partial charge on any atom is -0.384 e. The molecule has 0 aliphatic rings. The SMILES string of the molecule is CCCCCCC(C)(CN)COC. The molecule has 0 aliphatic heterocycles. The lowest BCUT2D eigenvalue weighted by atomic mass is 9.85. The zero-order chi connectivity index (χ0) is 10.2. The van der Waals surface area contributed by atoms with Crippen LogP contribution in [-0.4, -0.2) is 20.3 Å². The number of nitrogens with two attached hydrogens (primary N) is 1. The third-order valence-corrected chi connectivity index (χ3v) is 2.62. The van der Waals surface area contributed by atoms with E-state index in [2.05, 4.69) is 13.8 Å². The zero-order valence-electron chi connectivity index (χ0n) is 9.44. The van der Waals surface area contributed by atoms with Gasteiger partial charge in [0.05, 0.1) is 6.61 Å². The molecule has 0 amide bonds. The summed E-state index contributed by atoms with van der Waals surface area (Å²) in [4.78, 5) is 0. The van der Waals surface area contributed by atoms with E-state index in [1.165, 1.54) is 32.1 Å². The Hall–Kier alpha value is -0.0800. The van der Waals surface area contributed by atoms with Crippen LogP contribution in [0.5, 0.6) is 0 Å². The van der Waals surface area contributed by atoms with Gasteiger partial charge in [-0.05, 0) is 13.0 Å².